The highest BCUT2D eigenvalue weighted by molar-refractivity contribution is 6.23. The van der Waals surface area contributed by atoms with Crippen molar-refractivity contribution in [1.29, 1.82) is 0 Å². The molecule has 0 unspecified atom stereocenters. The van der Waals surface area contributed by atoms with E-state index in [2.05, 4.69) is 0 Å². The van der Waals surface area contributed by atoms with Crippen LogP contribution in [0.15, 0.2) is 47.1 Å². The molecule has 1 amide bonds. The lowest BCUT2D eigenvalue weighted by atomic mass is 9.67. The number of carbonyl (C=O) groups is 4. The Bertz CT molecular complexity index is 1020. The zero-order chi connectivity index (χ0) is 23.6. The van der Waals surface area contributed by atoms with Crippen LogP contribution in [0.4, 0.5) is 5.69 Å². The van der Waals surface area contributed by atoms with Gasteiger partial charge in [-0.3, -0.25) is 14.5 Å². The Morgan fingerprint density at radius 1 is 1.06 bits per heavy atom. The third-order valence-electron chi connectivity index (χ3n) is 5.25. The number of para-hydroxylation sites is 1. The van der Waals surface area contributed by atoms with Crippen LogP contribution in [0.2, 0.25) is 0 Å². The maximum atomic E-state index is 14.0. The Morgan fingerprint density at radius 2 is 1.66 bits per heavy atom. The third kappa shape index (κ3) is 3.28. The minimum absolute atomic E-state index is 0.00271. The minimum atomic E-state index is -2.02. The Morgan fingerprint density at radius 3 is 2.25 bits per heavy atom. The largest absolute Gasteiger partial charge is 0.468 e. The molecule has 0 saturated carbocycles. The van der Waals surface area contributed by atoms with Crippen LogP contribution in [-0.2, 0) is 43.5 Å². The van der Waals surface area contributed by atoms with Crippen molar-refractivity contribution in [2.45, 2.75) is 26.2 Å². The summed E-state index contributed by atoms with van der Waals surface area (Å²) in [6.45, 7) is 4.20. The molecule has 10 nitrogen and oxygen atoms in total. The highest BCUT2D eigenvalue weighted by Gasteiger charge is 2.64. The Kier molecular flexibility index (Phi) is 6.24. The number of rotatable bonds is 6. The molecular weight excluding hydrogens is 420 g/mol. The minimum Gasteiger partial charge on any atom is -0.468 e. The summed E-state index contributed by atoms with van der Waals surface area (Å²) in [5.74, 6) is -3.61. The SMILES string of the molecule is CCOC(=O)C1=C(C)OC(N)=C(C(=O)OCC)[C@]12C(=O)N(CC(=O)OC)c1ccccc12. The summed E-state index contributed by atoms with van der Waals surface area (Å²) < 4.78 is 20.6. The predicted octanol–water partition coefficient (Wildman–Crippen LogP) is 1.04. The molecule has 0 fully saturated rings. The fraction of sp³-hybridized carbons (Fsp3) is 0.364. The maximum Gasteiger partial charge on any atom is 0.341 e. The number of amides is 1. The lowest BCUT2D eigenvalue weighted by Crippen LogP contribution is -2.51. The molecule has 0 aliphatic carbocycles. The first-order valence-corrected chi connectivity index (χ1v) is 9.97. The average molecular weight is 444 g/mol. The Hall–Kier alpha value is -3.82. The number of methoxy groups -OCH3 is 1. The van der Waals surface area contributed by atoms with E-state index in [-0.39, 0.29) is 41.6 Å². The van der Waals surface area contributed by atoms with E-state index >= 15 is 0 Å². The van der Waals surface area contributed by atoms with Crippen molar-refractivity contribution in [3.63, 3.8) is 0 Å². The lowest BCUT2D eigenvalue weighted by molar-refractivity contribution is -0.143. The molecule has 170 valence electrons. The second-order valence-corrected chi connectivity index (χ2v) is 6.95. The van der Waals surface area contributed by atoms with Crippen LogP contribution in [0.1, 0.15) is 26.3 Å². The second kappa shape index (κ2) is 8.74. The molecule has 32 heavy (non-hydrogen) atoms. The molecule has 1 aromatic rings. The normalized spacial score (nSPS) is 19.6. The highest BCUT2D eigenvalue weighted by atomic mass is 16.5. The number of nitrogens with zero attached hydrogens (tertiary/aromatic N) is 1. The van der Waals surface area contributed by atoms with E-state index in [0.717, 1.165) is 4.90 Å². The monoisotopic (exact) mass is 444 g/mol. The van der Waals surface area contributed by atoms with Crippen molar-refractivity contribution in [2.75, 3.05) is 31.8 Å². The smallest absolute Gasteiger partial charge is 0.341 e. The van der Waals surface area contributed by atoms with Gasteiger partial charge in [0, 0.05) is 11.3 Å². The zero-order valence-corrected chi connectivity index (χ0v) is 18.2. The number of fused-ring (bicyclic) bond motifs is 2. The van der Waals surface area contributed by atoms with Gasteiger partial charge in [0.15, 0.2) is 0 Å². The highest BCUT2D eigenvalue weighted by Crippen LogP contribution is 2.54. The van der Waals surface area contributed by atoms with Crippen molar-refractivity contribution in [2.24, 2.45) is 5.73 Å². The van der Waals surface area contributed by atoms with Crippen molar-refractivity contribution in [1.82, 2.24) is 0 Å². The molecule has 1 spiro atoms. The van der Waals surface area contributed by atoms with E-state index in [9.17, 15) is 19.2 Å². The van der Waals surface area contributed by atoms with Crippen LogP contribution in [0.25, 0.3) is 0 Å². The third-order valence-corrected chi connectivity index (χ3v) is 5.25. The van der Waals surface area contributed by atoms with Gasteiger partial charge in [-0.2, -0.15) is 0 Å². The van der Waals surface area contributed by atoms with Crippen LogP contribution < -0.4 is 10.6 Å². The first-order chi connectivity index (χ1) is 15.2. The number of allylic oxidation sites excluding steroid dienone is 1. The van der Waals surface area contributed by atoms with Gasteiger partial charge >= 0.3 is 17.9 Å². The number of ether oxygens (including phenoxy) is 4. The van der Waals surface area contributed by atoms with E-state index in [1.807, 2.05) is 0 Å². The molecule has 1 atom stereocenters. The van der Waals surface area contributed by atoms with Gasteiger partial charge in [-0.1, -0.05) is 18.2 Å². The van der Waals surface area contributed by atoms with Gasteiger partial charge in [0.2, 0.25) is 11.8 Å². The fourth-order valence-electron chi connectivity index (χ4n) is 4.08. The van der Waals surface area contributed by atoms with E-state index < -0.39 is 35.8 Å². The van der Waals surface area contributed by atoms with Gasteiger partial charge in [-0.25, -0.2) is 9.59 Å². The number of hydrogen-bond acceptors (Lipinski definition) is 9. The molecule has 2 N–H and O–H groups in total. The van der Waals surface area contributed by atoms with Crippen molar-refractivity contribution >= 4 is 29.5 Å². The summed E-state index contributed by atoms with van der Waals surface area (Å²) >= 11 is 0. The average Bonchev–Trinajstić information content (AvgIpc) is 2.97. The topological polar surface area (TPSA) is 134 Å². The van der Waals surface area contributed by atoms with Crippen molar-refractivity contribution in [3.8, 4) is 0 Å². The Labute approximate surface area is 184 Å². The summed E-state index contributed by atoms with van der Waals surface area (Å²) in [4.78, 5) is 53.4. The quantitative estimate of drug-likeness (QED) is 0.504. The first kappa shape index (κ1) is 22.9. The molecule has 2 aliphatic rings. The number of carbonyl (C=O) groups excluding carboxylic acids is 4. The molecule has 0 saturated heterocycles. The van der Waals surface area contributed by atoms with E-state index in [1.165, 1.54) is 14.0 Å². The number of benzene rings is 1. The van der Waals surface area contributed by atoms with Gasteiger partial charge < -0.3 is 24.7 Å². The van der Waals surface area contributed by atoms with Gasteiger partial charge in [0.05, 0.1) is 20.3 Å². The summed E-state index contributed by atoms with van der Waals surface area (Å²) in [6.07, 6.45) is 0. The van der Waals surface area contributed by atoms with Crippen LogP contribution in [0, 0.1) is 0 Å². The molecule has 0 radical (unpaired) electrons. The summed E-state index contributed by atoms with van der Waals surface area (Å²) in [5, 5.41) is 0. The van der Waals surface area contributed by atoms with Gasteiger partial charge in [0.1, 0.15) is 28.9 Å². The first-order valence-electron chi connectivity index (χ1n) is 9.97. The summed E-state index contributed by atoms with van der Waals surface area (Å²) in [7, 11) is 1.19. The van der Waals surface area contributed by atoms with E-state index in [0.29, 0.717) is 5.69 Å². The van der Waals surface area contributed by atoms with Crippen LogP contribution in [0.5, 0.6) is 0 Å². The number of hydrogen-bond donors (Lipinski definition) is 1. The predicted molar refractivity (Wildman–Crippen MR) is 111 cm³/mol. The van der Waals surface area contributed by atoms with E-state index in [1.54, 1.807) is 38.1 Å². The molecule has 0 aromatic heterocycles. The van der Waals surface area contributed by atoms with Crippen LogP contribution in [-0.4, -0.2) is 50.7 Å². The summed E-state index contributed by atoms with van der Waals surface area (Å²) in [6, 6.07) is 6.47. The number of esters is 3. The van der Waals surface area contributed by atoms with Crippen molar-refractivity contribution < 1.29 is 38.1 Å². The maximum absolute atomic E-state index is 14.0. The zero-order valence-electron chi connectivity index (χ0n) is 18.2. The molecule has 2 aliphatic heterocycles. The molecule has 10 heteroatoms. The van der Waals surface area contributed by atoms with Gasteiger partial charge in [-0.05, 0) is 26.8 Å². The number of anilines is 1. The van der Waals surface area contributed by atoms with E-state index in [4.69, 9.17) is 24.7 Å². The van der Waals surface area contributed by atoms with Crippen molar-refractivity contribution in [3.05, 3.63) is 52.6 Å². The summed E-state index contributed by atoms with van der Waals surface area (Å²) in [5.41, 5.74) is 4.10. The standard InChI is InChI=1S/C22H24N2O8/c1-5-30-19(26)16-12(3)32-18(23)17(20(27)31-6-2)22(16)13-9-7-8-10-14(13)24(21(22)28)11-15(25)29-4/h7-10H,5-6,11,23H2,1-4H3/t22-/m1/s1. The number of nitrogens with two attached hydrogens (primary N) is 1. The van der Waals surface area contributed by atoms with Gasteiger partial charge in [-0.15, -0.1) is 0 Å². The molecule has 2 heterocycles. The van der Waals surface area contributed by atoms with Crippen LogP contribution >= 0.6 is 0 Å². The molecule has 3 rings (SSSR count). The second-order valence-electron chi connectivity index (χ2n) is 6.95. The lowest BCUT2D eigenvalue weighted by Gasteiger charge is -2.36. The van der Waals surface area contributed by atoms with Gasteiger partial charge in [0.25, 0.3) is 0 Å². The molecule has 0 bridgehead atoms. The molecule has 1 aromatic carbocycles. The van der Waals surface area contributed by atoms with Crippen LogP contribution in [0.3, 0.4) is 0 Å². The Balaban J connectivity index is 2.39. The fourth-order valence-corrected chi connectivity index (χ4v) is 4.08. The molecular formula is C22H24N2O8.